The molecule has 2 fully saturated rings. The van der Waals surface area contributed by atoms with Crippen LogP contribution in [0.15, 0.2) is 48.9 Å². The van der Waals surface area contributed by atoms with Crippen molar-refractivity contribution in [2.24, 2.45) is 5.92 Å². The normalized spacial score (nSPS) is 21.5. The minimum absolute atomic E-state index is 0.213. The van der Waals surface area contributed by atoms with E-state index in [1.54, 1.807) is 18.3 Å². The number of fused-ring (bicyclic) bond motifs is 3. The maximum absolute atomic E-state index is 12.7. The molecule has 2 unspecified atom stereocenters. The van der Waals surface area contributed by atoms with Crippen LogP contribution in [-0.4, -0.2) is 43.2 Å². The fourth-order valence-electron chi connectivity index (χ4n) is 5.10. The van der Waals surface area contributed by atoms with E-state index < -0.39 is 0 Å². The molecule has 0 radical (unpaired) electrons. The highest BCUT2D eigenvalue weighted by molar-refractivity contribution is 6.05. The van der Waals surface area contributed by atoms with E-state index in [9.17, 15) is 4.79 Å². The summed E-state index contributed by atoms with van der Waals surface area (Å²) >= 11 is 0. The molecule has 1 aliphatic carbocycles. The second-order valence-corrected chi connectivity index (χ2v) is 8.87. The molecule has 2 bridgehead atoms. The van der Waals surface area contributed by atoms with Crippen molar-refractivity contribution in [3.8, 4) is 11.3 Å². The summed E-state index contributed by atoms with van der Waals surface area (Å²) in [6, 6.07) is 11.7. The van der Waals surface area contributed by atoms with Crippen LogP contribution in [0.5, 0.6) is 0 Å². The smallest absolute Gasteiger partial charge is 0.256 e. The number of hydrogen-bond donors (Lipinski definition) is 3. The molecule has 9 heteroatoms. The van der Waals surface area contributed by atoms with Gasteiger partial charge in [-0.1, -0.05) is 18.2 Å². The third kappa shape index (κ3) is 3.32. The second-order valence-electron chi connectivity index (χ2n) is 8.87. The Labute approximate surface area is 190 Å². The van der Waals surface area contributed by atoms with Crippen LogP contribution >= 0.6 is 0 Å². The molecule has 4 N–H and O–H groups in total. The number of benzene rings is 1. The molecule has 6 rings (SSSR count). The second kappa shape index (κ2) is 7.63. The summed E-state index contributed by atoms with van der Waals surface area (Å²) < 4.78 is 2.02. The number of nitrogens with two attached hydrogens (primary N) is 1. The molecule has 1 aromatic carbocycles. The zero-order valence-corrected chi connectivity index (χ0v) is 18.2. The minimum atomic E-state index is -0.213. The highest BCUT2D eigenvalue weighted by Crippen LogP contribution is 2.41. The summed E-state index contributed by atoms with van der Waals surface area (Å²) in [5.74, 6) is 1.43. The van der Waals surface area contributed by atoms with Gasteiger partial charge in [0.1, 0.15) is 23.7 Å². The number of nitrogens with zero attached hydrogens (tertiary/aromatic N) is 5. The zero-order chi connectivity index (χ0) is 22.5. The van der Waals surface area contributed by atoms with Gasteiger partial charge in [-0.25, -0.2) is 19.6 Å². The number of nitrogen functional groups attached to an aromatic ring is 1. The number of pyridine rings is 1. The molecule has 3 aromatic heterocycles. The number of amides is 1. The van der Waals surface area contributed by atoms with Crippen molar-refractivity contribution in [2.45, 2.75) is 31.8 Å². The fourth-order valence-corrected chi connectivity index (χ4v) is 5.10. The molecular weight excluding hydrogens is 416 g/mol. The van der Waals surface area contributed by atoms with Gasteiger partial charge in [-0.2, -0.15) is 5.10 Å². The molecule has 0 spiro atoms. The Morgan fingerprint density at radius 1 is 1.15 bits per heavy atom. The van der Waals surface area contributed by atoms with Crippen molar-refractivity contribution in [1.29, 1.82) is 0 Å². The Hall–Kier alpha value is -3.85. The lowest BCUT2D eigenvalue weighted by Gasteiger charge is -2.23. The number of nitrogens with one attached hydrogen (secondary N) is 2. The number of carbonyl (C=O) groups excluding carboxylic acids is 1. The van der Waals surface area contributed by atoms with E-state index in [2.05, 4.69) is 25.6 Å². The van der Waals surface area contributed by atoms with Gasteiger partial charge in [0.15, 0.2) is 5.65 Å². The van der Waals surface area contributed by atoms with E-state index in [0.29, 0.717) is 29.2 Å². The summed E-state index contributed by atoms with van der Waals surface area (Å²) in [5, 5.41) is 12.2. The molecular formula is C24H24N8O. The van der Waals surface area contributed by atoms with Gasteiger partial charge in [-0.3, -0.25) is 4.79 Å². The van der Waals surface area contributed by atoms with E-state index in [-0.39, 0.29) is 11.9 Å². The fraction of sp³-hybridized carbons (Fsp3) is 0.292. The molecule has 4 aromatic rings. The zero-order valence-electron chi connectivity index (χ0n) is 18.2. The van der Waals surface area contributed by atoms with Crippen LogP contribution in [-0.2, 0) is 0 Å². The average Bonchev–Trinajstić information content (AvgIpc) is 3.55. The molecule has 2 aliphatic rings. The topological polar surface area (TPSA) is 124 Å². The average molecular weight is 441 g/mol. The first-order valence-corrected chi connectivity index (χ1v) is 11.1. The van der Waals surface area contributed by atoms with Crippen LogP contribution < -0.4 is 16.4 Å². The third-order valence-electron chi connectivity index (χ3n) is 6.79. The predicted octanol–water partition coefficient (Wildman–Crippen LogP) is 2.95. The van der Waals surface area contributed by atoms with Crippen molar-refractivity contribution >= 4 is 28.6 Å². The highest BCUT2D eigenvalue weighted by Gasteiger charge is 2.42. The number of piperidine rings is 1. The lowest BCUT2D eigenvalue weighted by atomic mass is 10.1. The minimum Gasteiger partial charge on any atom is -0.383 e. The van der Waals surface area contributed by atoms with Crippen molar-refractivity contribution < 1.29 is 4.79 Å². The Morgan fingerprint density at radius 2 is 2.00 bits per heavy atom. The summed E-state index contributed by atoms with van der Waals surface area (Å²) in [6.45, 7) is 2.98. The Balaban J connectivity index is 1.34. The first-order chi connectivity index (χ1) is 16.1. The SMILES string of the molecule is Cc1cccnc1NC(=O)c1ccc(-c2nn(C3C[C@@H]4CNC3C4)c3ncnc(N)c23)cc1. The van der Waals surface area contributed by atoms with Gasteiger partial charge in [-0.05, 0) is 56.0 Å². The highest BCUT2D eigenvalue weighted by atomic mass is 16.1. The van der Waals surface area contributed by atoms with Crippen molar-refractivity contribution in [1.82, 2.24) is 30.0 Å². The van der Waals surface area contributed by atoms with Crippen LogP contribution in [0, 0.1) is 12.8 Å². The molecule has 166 valence electrons. The summed E-state index contributed by atoms with van der Waals surface area (Å²) in [6.07, 6.45) is 5.41. The van der Waals surface area contributed by atoms with E-state index in [4.69, 9.17) is 10.8 Å². The number of aryl methyl sites for hydroxylation is 1. The van der Waals surface area contributed by atoms with Gasteiger partial charge in [0, 0.05) is 23.4 Å². The molecule has 1 aliphatic heterocycles. The lowest BCUT2D eigenvalue weighted by Crippen LogP contribution is -2.35. The summed E-state index contributed by atoms with van der Waals surface area (Å²) in [4.78, 5) is 25.7. The largest absolute Gasteiger partial charge is 0.383 e. The lowest BCUT2D eigenvalue weighted by molar-refractivity contribution is 0.102. The molecule has 9 nitrogen and oxygen atoms in total. The van der Waals surface area contributed by atoms with Crippen molar-refractivity contribution in [2.75, 3.05) is 17.6 Å². The van der Waals surface area contributed by atoms with Gasteiger partial charge >= 0.3 is 0 Å². The van der Waals surface area contributed by atoms with E-state index in [1.807, 2.05) is 35.9 Å². The quantitative estimate of drug-likeness (QED) is 0.446. The maximum Gasteiger partial charge on any atom is 0.256 e. The molecule has 1 amide bonds. The van der Waals surface area contributed by atoms with Crippen LogP contribution in [0.3, 0.4) is 0 Å². The van der Waals surface area contributed by atoms with Crippen LogP contribution in [0.25, 0.3) is 22.3 Å². The third-order valence-corrected chi connectivity index (χ3v) is 6.79. The predicted molar refractivity (Wildman–Crippen MR) is 126 cm³/mol. The maximum atomic E-state index is 12.7. The Morgan fingerprint density at radius 3 is 2.73 bits per heavy atom. The van der Waals surface area contributed by atoms with Gasteiger partial charge in [-0.15, -0.1) is 0 Å². The van der Waals surface area contributed by atoms with Crippen molar-refractivity contribution in [3.63, 3.8) is 0 Å². The molecule has 1 saturated heterocycles. The van der Waals surface area contributed by atoms with E-state index in [0.717, 1.165) is 40.8 Å². The number of rotatable bonds is 4. The molecule has 1 saturated carbocycles. The standard InChI is InChI=1S/C24H24N8O/c1-13-3-2-8-26-22(13)30-24(33)16-6-4-15(5-7-16)20-19-21(25)28-12-29-23(19)32(31-20)18-10-14-9-17(18)27-11-14/h2-8,12,14,17-18,27H,9-11H2,1H3,(H2,25,28,29)(H,26,30,33)/t14-,17?,18?/m1/s1. The molecule has 3 atom stereocenters. The molecule has 4 heterocycles. The monoisotopic (exact) mass is 440 g/mol. The number of aromatic nitrogens is 5. The number of hydrogen-bond acceptors (Lipinski definition) is 7. The first-order valence-electron chi connectivity index (χ1n) is 11.1. The van der Waals surface area contributed by atoms with Gasteiger partial charge < -0.3 is 16.4 Å². The van der Waals surface area contributed by atoms with Gasteiger partial charge in [0.25, 0.3) is 5.91 Å². The van der Waals surface area contributed by atoms with E-state index >= 15 is 0 Å². The van der Waals surface area contributed by atoms with Crippen molar-refractivity contribution in [3.05, 3.63) is 60.0 Å². The van der Waals surface area contributed by atoms with Crippen LogP contribution in [0.4, 0.5) is 11.6 Å². The number of anilines is 2. The van der Waals surface area contributed by atoms with Crippen LogP contribution in [0.1, 0.15) is 34.8 Å². The summed E-state index contributed by atoms with van der Waals surface area (Å²) in [5.41, 5.74) is 10.1. The Kier molecular flexibility index (Phi) is 4.58. The Bertz CT molecular complexity index is 1360. The van der Waals surface area contributed by atoms with Gasteiger partial charge in [0.05, 0.1) is 11.4 Å². The van der Waals surface area contributed by atoms with Gasteiger partial charge in [0.2, 0.25) is 0 Å². The molecule has 33 heavy (non-hydrogen) atoms. The van der Waals surface area contributed by atoms with Crippen LogP contribution in [0.2, 0.25) is 0 Å². The summed E-state index contributed by atoms with van der Waals surface area (Å²) in [7, 11) is 0. The van der Waals surface area contributed by atoms with E-state index in [1.165, 1.54) is 12.7 Å². The first kappa shape index (κ1) is 19.8. The number of carbonyl (C=O) groups is 1.